The highest BCUT2D eigenvalue weighted by atomic mass is 16.6. The second-order valence-electron chi connectivity index (χ2n) is 7.88. The molecule has 3 aliphatic heterocycles. The molecule has 0 unspecified atom stereocenters. The number of likely N-dealkylation sites (N-methyl/N-ethyl adjacent to an activating group) is 1. The van der Waals surface area contributed by atoms with Crippen molar-refractivity contribution in [2.24, 2.45) is 0 Å². The number of hydrogen-bond acceptors (Lipinski definition) is 5. The number of amides is 1. The van der Waals surface area contributed by atoms with Gasteiger partial charge < -0.3 is 14.8 Å². The summed E-state index contributed by atoms with van der Waals surface area (Å²) in [6, 6.07) is 4.25. The maximum Gasteiger partial charge on any atom is 0.220 e. The predicted octanol–water partition coefficient (Wildman–Crippen LogP) is 1.55. The average Bonchev–Trinajstić information content (AvgIpc) is 2.81. The number of carbonyl (C=O) groups is 1. The van der Waals surface area contributed by atoms with Crippen LogP contribution in [0.25, 0.3) is 0 Å². The molecule has 1 aromatic rings. The van der Waals surface area contributed by atoms with E-state index in [1.165, 1.54) is 11.1 Å². The van der Waals surface area contributed by atoms with Gasteiger partial charge in [-0.15, -0.1) is 0 Å². The molecule has 1 amide bonds. The maximum atomic E-state index is 11.8. The van der Waals surface area contributed by atoms with Gasteiger partial charge in [0.05, 0.1) is 0 Å². The molecule has 1 atom stereocenters. The van der Waals surface area contributed by atoms with E-state index < -0.39 is 0 Å². The lowest BCUT2D eigenvalue weighted by Gasteiger charge is -2.49. The van der Waals surface area contributed by atoms with E-state index >= 15 is 0 Å². The van der Waals surface area contributed by atoms with Crippen molar-refractivity contribution < 1.29 is 14.3 Å². The van der Waals surface area contributed by atoms with Gasteiger partial charge in [-0.25, -0.2) is 0 Å². The van der Waals surface area contributed by atoms with Crippen molar-refractivity contribution in [1.29, 1.82) is 0 Å². The van der Waals surface area contributed by atoms with Crippen molar-refractivity contribution in [3.63, 3.8) is 0 Å². The fourth-order valence-corrected chi connectivity index (χ4v) is 4.46. The number of fused-ring (bicyclic) bond motifs is 1. The third-order valence-electron chi connectivity index (χ3n) is 6.20. The fraction of sp³-hybridized carbons (Fsp3) is 0.650. The van der Waals surface area contributed by atoms with Crippen LogP contribution in [0.3, 0.4) is 0 Å². The van der Waals surface area contributed by atoms with Crippen LogP contribution in [-0.4, -0.2) is 67.7 Å². The van der Waals surface area contributed by atoms with Gasteiger partial charge >= 0.3 is 0 Å². The molecule has 2 saturated heterocycles. The van der Waals surface area contributed by atoms with Crippen LogP contribution in [0.1, 0.15) is 30.4 Å². The molecular formula is C20H29N3O3. The van der Waals surface area contributed by atoms with E-state index in [1.807, 2.05) is 0 Å². The molecule has 3 heterocycles. The van der Waals surface area contributed by atoms with Crippen molar-refractivity contribution in [3.8, 4) is 11.5 Å². The van der Waals surface area contributed by atoms with Gasteiger partial charge in [0.15, 0.2) is 11.5 Å². The SMILES string of the molecule is Cc1cc2c(cc1CN1CCN(C)[C@@]3(CCNC(=O)CC3)C1)OCCO2. The van der Waals surface area contributed by atoms with E-state index in [-0.39, 0.29) is 11.4 Å². The van der Waals surface area contributed by atoms with Gasteiger partial charge in [0.2, 0.25) is 5.91 Å². The van der Waals surface area contributed by atoms with Gasteiger partial charge in [-0.3, -0.25) is 14.6 Å². The van der Waals surface area contributed by atoms with Crippen LogP contribution < -0.4 is 14.8 Å². The molecule has 3 aliphatic rings. The Balaban J connectivity index is 1.51. The number of nitrogens with one attached hydrogen (secondary N) is 1. The molecule has 0 saturated carbocycles. The van der Waals surface area contributed by atoms with Crippen LogP contribution in [-0.2, 0) is 11.3 Å². The first-order chi connectivity index (χ1) is 12.6. The van der Waals surface area contributed by atoms with Crippen molar-refractivity contribution in [1.82, 2.24) is 15.1 Å². The van der Waals surface area contributed by atoms with Gasteiger partial charge in [-0.1, -0.05) is 0 Å². The molecule has 0 bridgehead atoms. The van der Waals surface area contributed by atoms with Crippen LogP contribution in [0, 0.1) is 6.92 Å². The number of rotatable bonds is 2. The van der Waals surface area contributed by atoms with E-state index in [4.69, 9.17) is 9.47 Å². The molecule has 0 aromatic heterocycles. The molecule has 4 rings (SSSR count). The Morgan fingerprint density at radius 1 is 1.15 bits per heavy atom. The Morgan fingerprint density at radius 2 is 1.92 bits per heavy atom. The summed E-state index contributed by atoms with van der Waals surface area (Å²) in [5.41, 5.74) is 2.65. The summed E-state index contributed by atoms with van der Waals surface area (Å²) in [7, 11) is 2.21. The molecule has 142 valence electrons. The number of piperazine rings is 1. The Labute approximate surface area is 155 Å². The normalized spacial score (nSPS) is 27.2. The summed E-state index contributed by atoms with van der Waals surface area (Å²) in [6.45, 7) is 8.18. The smallest absolute Gasteiger partial charge is 0.220 e. The minimum atomic E-state index is 0.0964. The number of carbonyl (C=O) groups excluding carboxylic acids is 1. The molecule has 6 heteroatoms. The summed E-state index contributed by atoms with van der Waals surface area (Å²) in [5.74, 6) is 1.92. The molecular weight excluding hydrogens is 330 g/mol. The van der Waals surface area contributed by atoms with Crippen LogP contribution in [0.5, 0.6) is 11.5 Å². The highest BCUT2D eigenvalue weighted by molar-refractivity contribution is 5.76. The predicted molar refractivity (Wildman–Crippen MR) is 99.7 cm³/mol. The highest BCUT2D eigenvalue weighted by Crippen LogP contribution is 2.35. The van der Waals surface area contributed by atoms with Gasteiger partial charge in [0, 0.05) is 44.7 Å². The molecule has 1 aromatic carbocycles. The summed E-state index contributed by atoms with van der Waals surface area (Å²) in [5, 5.41) is 3.03. The van der Waals surface area contributed by atoms with Gasteiger partial charge in [-0.2, -0.15) is 0 Å². The molecule has 6 nitrogen and oxygen atoms in total. The van der Waals surface area contributed by atoms with Crippen LogP contribution in [0.2, 0.25) is 0 Å². The van der Waals surface area contributed by atoms with Gasteiger partial charge in [-0.05, 0) is 50.1 Å². The van der Waals surface area contributed by atoms with E-state index in [9.17, 15) is 4.79 Å². The monoisotopic (exact) mass is 359 g/mol. The largest absolute Gasteiger partial charge is 0.486 e. The molecule has 0 radical (unpaired) electrons. The Kier molecular flexibility index (Phi) is 4.80. The zero-order valence-electron chi connectivity index (χ0n) is 15.8. The zero-order valence-corrected chi connectivity index (χ0v) is 15.8. The third kappa shape index (κ3) is 3.40. The number of benzene rings is 1. The van der Waals surface area contributed by atoms with Crippen LogP contribution >= 0.6 is 0 Å². The second-order valence-corrected chi connectivity index (χ2v) is 7.88. The molecule has 2 fully saturated rings. The van der Waals surface area contributed by atoms with Crippen molar-refractivity contribution >= 4 is 5.91 Å². The Morgan fingerprint density at radius 3 is 2.73 bits per heavy atom. The molecule has 0 aliphatic carbocycles. The first kappa shape index (κ1) is 17.6. The fourth-order valence-electron chi connectivity index (χ4n) is 4.46. The first-order valence-electron chi connectivity index (χ1n) is 9.65. The standard InChI is InChI=1S/C20H29N3O3/c1-15-11-17-18(26-10-9-25-17)12-16(15)13-23-8-7-22(2)20(14-23)4-3-19(24)21-6-5-20/h11-12H,3-10,13-14H2,1-2H3,(H,21,24)/t20-/m0/s1. The van der Waals surface area contributed by atoms with E-state index in [0.717, 1.165) is 57.1 Å². The maximum absolute atomic E-state index is 11.8. The van der Waals surface area contributed by atoms with Crippen molar-refractivity contribution in [2.45, 2.75) is 38.3 Å². The number of aryl methyl sites for hydroxylation is 1. The lowest BCUT2D eigenvalue weighted by molar-refractivity contribution is -0.121. The van der Waals surface area contributed by atoms with Gasteiger partial charge in [0.25, 0.3) is 0 Å². The van der Waals surface area contributed by atoms with Gasteiger partial charge in [0.1, 0.15) is 13.2 Å². The molecule has 1 N–H and O–H groups in total. The molecule has 1 spiro atoms. The summed E-state index contributed by atoms with van der Waals surface area (Å²) in [4.78, 5) is 16.8. The zero-order chi connectivity index (χ0) is 18.1. The average molecular weight is 359 g/mol. The molecule has 26 heavy (non-hydrogen) atoms. The second kappa shape index (κ2) is 7.08. The van der Waals surface area contributed by atoms with Crippen LogP contribution in [0.4, 0.5) is 0 Å². The lowest BCUT2D eigenvalue weighted by atomic mass is 9.86. The summed E-state index contributed by atoms with van der Waals surface area (Å²) in [6.07, 6.45) is 2.58. The third-order valence-corrected chi connectivity index (χ3v) is 6.20. The Bertz CT molecular complexity index is 693. The Hall–Kier alpha value is -1.79. The number of hydrogen-bond donors (Lipinski definition) is 1. The number of nitrogens with zero attached hydrogens (tertiary/aromatic N) is 2. The van der Waals surface area contributed by atoms with E-state index in [1.54, 1.807) is 0 Å². The van der Waals surface area contributed by atoms with Crippen LogP contribution in [0.15, 0.2) is 12.1 Å². The topological polar surface area (TPSA) is 54.0 Å². The van der Waals surface area contributed by atoms with Crippen molar-refractivity contribution in [3.05, 3.63) is 23.3 Å². The quantitative estimate of drug-likeness (QED) is 0.868. The summed E-state index contributed by atoms with van der Waals surface area (Å²) < 4.78 is 11.5. The van der Waals surface area contributed by atoms with Crippen molar-refractivity contribution in [2.75, 3.05) is 46.4 Å². The highest BCUT2D eigenvalue weighted by Gasteiger charge is 2.40. The first-order valence-corrected chi connectivity index (χ1v) is 9.65. The lowest BCUT2D eigenvalue weighted by Crippen LogP contribution is -2.60. The van der Waals surface area contributed by atoms with E-state index in [2.05, 4.69) is 41.2 Å². The minimum Gasteiger partial charge on any atom is -0.486 e. The number of ether oxygens (including phenoxy) is 2. The van der Waals surface area contributed by atoms with E-state index in [0.29, 0.717) is 19.6 Å². The minimum absolute atomic E-state index is 0.0964. The summed E-state index contributed by atoms with van der Waals surface area (Å²) >= 11 is 0.